The van der Waals surface area contributed by atoms with Crippen LogP contribution in [0, 0.1) is 5.92 Å². The van der Waals surface area contributed by atoms with Crippen molar-refractivity contribution in [3.8, 4) is 0 Å². The molecule has 174 valence electrons. The number of allylic oxidation sites excluding steroid dienone is 2. The van der Waals surface area contributed by atoms with Crippen molar-refractivity contribution in [2.45, 2.75) is 26.7 Å². The van der Waals surface area contributed by atoms with E-state index in [4.69, 9.17) is 14.2 Å². The number of rotatable bonds is 6. The molecule has 1 aromatic carbocycles. The molecule has 2 heterocycles. The van der Waals surface area contributed by atoms with Gasteiger partial charge in [-0.3, -0.25) is 14.4 Å². The third-order valence-corrected chi connectivity index (χ3v) is 5.47. The molecule has 1 aromatic rings. The summed E-state index contributed by atoms with van der Waals surface area (Å²) in [6, 6.07) is 4.79. The number of carbonyl (C=O) groups excluding carboxylic acids is 5. The molecule has 0 unspecified atom stereocenters. The van der Waals surface area contributed by atoms with Crippen LogP contribution in [0.4, 0.5) is 5.69 Å². The molecule has 0 atom stereocenters. The number of ether oxygens (including phenoxy) is 3. The fraction of sp³-hybridized carbons (Fsp3) is 0.348. The lowest BCUT2D eigenvalue weighted by molar-refractivity contribution is -0.150. The summed E-state index contributed by atoms with van der Waals surface area (Å²) in [6.45, 7) is 2.51. The quantitative estimate of drug-likeness (QED) is 0.370. The topological polar surface area (TPSA) is 137 Å². The Kier molecular flexibility index (Phi) is 6.95. The minimum absolute atomic E-state index is 0.0907. The molecular weight excluding hydrogens is 432 g/mol. The molecule has 0 bridgehead atoms. The first-order chi connectivity index (χ1) is 15.7. The van der Waals surface area contributed by atoms with Gasteiger partial charge in [0.1, 0.15) is 5.92 Å². The van der Waals surface area contributed by atoms with Gasteiger partial charge in [-0.2, -0.15) is 0 Å². The summed E-state index contributed by atoms with van der Waals surface area (Å²) >= 11 is 0. The summed E-state index contributed by atoms with van der Waals surface area (Å²) in [6.07, 6.45) is 0.815. The molecule has 2 N–H and O–H groups in total. The Balaban J connectivity index is 1.82. The van der Waals surface area contributed by atoms with Gasteiger partial charge in [-0.25, -0.2) is 9.59 Å². The lowest BCUT2D eigenvalue weighted by Crippen LogP contribution is -2.38. The first kappa shape index (κ1) is 23.7. The van der Waals surface area contributed by atoms with E-state index in [2.05, 4.69) is 10.6 Å². The fourth-order valence-electron chi connectivity index (χ4n) is 3.85. The molecule has 0 spiro atoms. The average Bonchev–Trinajstić information content (AvgIpc) is 2.80. The number of amides is 1. The molecule has 0 radical (unpaired) electrons. The summed E-state index contributed by atoms with van der Waals surface area (Å²) in [5.74, 6) is -4.59. The number of anilines is 1. The summed E-state index contributed by atoms with van der Waals surface area (Å²) in [5.41, 5.74) is 2.18. The zero-order valence-corrected chi connectivity index (χ0v) is 18.7. The molecule has 1 amide bonds. The number of carbonyl (C=O) groups is 5. The lowest BCUT2D eigenvalue weighted by Gasteiger charge is -2.28. The van der Waals surface area contributed by atoms with Gasteiger partial charge in [0.25, 0.3) is 0 Å². The van der Waals surface area contributed by atoms with Crippen molar-refractivity contribution >= 4 is 35.3 Å². The number of hydrogen-bond donors (Lipinski definition) is 2. The number of Topliss-reactive ketones (excluding diaryl/α,β-unsaturated/α-hetero) is 1. The van der Waals surface area contributed by atoms with Gasteiger partial charge >= 0.3 is 17.9 Å². The van der Waals surface area contributed by atoms with E-state index in [0.717, 1.165) is 19.8 Å². The third-order valence-electron chi connectivity index (χ3n) is 5.47. The summed E-state index contributed by atoms with van der Waals surface area (Å²) < 4.78 is 14.8. The summed E-state index contributed by atoms with van der Waals surface area (Å²) in [5, 5.41) is 5.60. The van der Waals surface area contributed by atoms with Gasteiger partial charge in [0.05, 0.1) is 25.4 Å². The predicted molar refractivity (Wildman–Crippen MR) is 115 cm³/mol. The molecule has 0 fully saturated rings. The van der Waals surface area contributed by atoms with Gasteiger partial charge in [0, 0.05) is 29.1 Å². The van der Waals surface area contributed by atoms with Crippen LogP contribution < -0.4 is 10.6 Å². The Morgan fingerprint density at radius 2 is 1.55 bits per heavy atom. The van der Waals surface area contributed by atoms with Gasteiger partial charge in [0.2, 0.25) is 5.91 Å². The monoisotopic (exact) mass is 456 g/mol. The Hall–Kier alpha value is -3.95. The van der Waals surface area contributed by atoms with E-state index in [1.54, 1.807) is 26.0 Å². The van der Waals surface area contributed by atoms with Crippen LogP contribution in [0.5, 0.6) is 0 Å². The van der Waals surface area contributed by atoms with E-state index in [-0.39, 0.29) is 17.1 Å². The SMILES string of the molecule is COC(=O)C1=C(C)NC(C)=C(C(=O)OC)C1C(=O)OCC(=O)c1ccc2c(c1)CCC(=O)N2. The molecule has 10 heteroatoms. The molecule has 10 nitrogen and oxygen atoms in total. The van der Waals surface area contributed by atoms with E-state index in [9.17, 15) is 24.0 Å². The Labute approximate surface area is 189 Å². The summed E-state index contributed by atoms with van der Waals surface area (Å²) in [4.78, 5) is 61.9. The number of dihydropyridines is 1. The van der Waals surface area contributed by atoms with Crippen LogP contribution in [0.1, 0.15) is 36.2 Å². The first-order valence-electron chi connectivity index (χ1n) is 10.2. The molecule has 0 aliphatic carbocycles. The molecule has 2 aliphatic heterocycles. The zero-order chi connectivity index (χ0) is 24.3. The van der Waals surface area contributed by atoms with E-state index < -0.39 is 36.2 Å². The van der Waals surface area contributed by atoms with Crippen LogP contribution in [0.2, 0.25) is 0 Å². The molecule has 2 aliphatic rings. The minimum Gasteiger partial charge on any atom is -0.466 e. The number of benzene rings is 1. The zero-order valence-electron chi connectivity index (χ0n) is 18.7. The third kappa shape index (κ3) is 4.79. The van der Waals surface area contributed by atoms with Crippen LogP contribution in [0.3, 0.4) is 0 Å². The van der Waals surface area contributed by atoms with E-state index in [0.29, 0.717) is 35.5 Å². The molecule has 0 saturated carbocycles. The highest BCUT2D eigenvalue weighted by molar-refractivity contribution is 6.06. The van der Waals surface area contributed by atoms with Crippen molar-refractivity contribution in [1.82, 2.24) is 5.32 Å². The van der Waals surface area contributed by atoms with Crippen molar-refractivity contribution in [3.63, 3.8) is 0 Å². The number of nitrogens with one attached hydrogen (secondary N) is 2. The second-order valence-corrected chi connectivity index (χ2v) is 7.57. The van der Waals surface area contributed by atoms with Crippen LogP contribution >= 0.6 is 0 Å². The molecule has 3 rings (SSSR count). The van der Waals surface area contributed by atoms with Crippen molar-refractivity contribution in [3.05, 3.63) is 51.9 Å². The number of methoxy groups -OCH3 is 2. The number of aryl methyl sites for hydroxylation is 1. The average molecular weight is 456 g/mol. The normalized spacial score (nSPS) is 15.8. The lowest BCUT2D eigenvalue weighted by atomic mass is 9.85. The van der Waals surface area contributed by atoms with E-state index in [1.807, 2.05) is 0 Å². The van der Waals surface area contributed by atoms with Crippen LogP contribution in [-0.2, 0) is 39.8 Å². The van der Waals surface area contributed by atoms with Crippen LogP contribution in [0.15, 0.2) is 40.7 Å². The number of fused-ring (bicyclic) bond motifs is 1. The molecule has 33 heavy (non-hydrogen) atoms. The Morgan fingerprint density at radius 3 is 2.12 bits per heavy atom. The van der Waals surface area contributed by atoms with Gasteiger partial charge in [0.15, 0.2) is 12.4 Å². The van der Waals surface area contributed by atoms with Crippen molar-refractivity contribution in [1.29, 1.82) is 0 Å². The molecule has 0 aromatic heterocycles. The second-order valence-electron chi connectivity index (χ2n) is 7.57. The van der Waals surface area contributed by atoms with E-state index >= 15 is 0 Å². The molecule has 0 saturated heterocycles. The maximum atomic E-state index is 13.0. The van der Waals surface area contributed by atoms with Crippen LogP contribution in [-0.4, -0.2) is 50.4 Å². The van der Waals surface area contributed by atoms with Gasteiger partial charge < -0.3 is 24.8 Å². The Bertz CT molecular complexity index is 1080. The van der Waals surface area contributed by atoms with Gasteiger partial charge in [-0.15, -0.1) is 0 Å². The maximum Gasteiger partial charge on any atom is 0.336 e. The summed E-state index contributed by atoms with van der Waals surface area (Å²) in [7, 11) is 2.30. The maximum absolute atomic E-state index is 13.0. The standard InChI is InChI=1S/C23H24N2O8/c1-11-18(21(28)31-3)20(19(12(2)24-11)22(29)32-4)23(30)33-10-16(26)14-5-7-15-13(9-14)6-8-17(27)25-15/h5,7,9,20,24H,6,8,10H2,1-4H3,(H,25,27). The van der Waals surface area contributed by atoms with Crippen molar-refractivity contribution in [2.75, 3.05) is 26.1 Å². The van der Waals surface area contributed by atoms with Crippen molar-refractivity contribution < 1.29 is 38.2 Å². The number of hydrogen-bond acceptors (Lipinski definition) is 9. The van der Waals surface area contributed by atoms with Crippen LogP contribution in [0.25, 0.3) is 0 Å². The smallest absolute Gasteiger partial charge is 0.336 e. The fourth-order valence-corrected chi connectivity index (χ4v) is 3.85. The Morgan fingerprint density at radius 1 is 0.939 bits per heavy atom. The van der Waals surface area contributed by atoms with Gasteiger partial charge in [-0.05, 0) is 44.0 Å². The number of esters is 3. The predicted octanol–water partition coefficient (Wildman–Crippen LogP) is 1.41. The first-order valence-corrected chi connectivity index (χ1v) is 10.2. The largest absolute Gasteiger partial charge is 0.466 e. The highest BCUT2D eigenvalue weighted by Crippen LogP contribution is 2.32. The molecular formula is C23H24N2O8. The highest BCUT2D eigenvalue weighted by atomic mass is 16.5. The van der Waals surface area contributed by atoms with E-state index in [1.165, 1.54) is 6.07 Å². The minimum atomic E-state index is -1.42. The van der Waals surface area contributed by atoms with Crippen molar-refractivity contribution in [2.24, 2.45) is 5.92 Å². The second kappa shape index (κ2) is 9.68. The van der Waals surface area contributed by atoms with Gasteiger partial charge in [-0.1, -0.05) is 0 Å². The number of ketones is 1. The highest BCUT2D eigenvalue weighted by Gasteiger charge is 2.42.